The maximum Gasteiger partial charge on any atom is 0.257 e. The minimum absolute atomic E-state index is 0.0783. The Balaban J connectivity index is 2.33. The van der Waals surface area contributed by atoms with Gasteiger partial charge in [-0.1, -0.05) is 11.6 Å². The second kappa shape index (κ2) is 6.13. The molecule has 1 N–H and O–H groups in total. The average Bonchev–Trinajstić information content (AvgIpc) is 2.40. The molecule has 0 unspecified atom stereocenters. The first-order chi connectivity index (χ1) is 9.77. The normalized spacial score (nSPS) is 11.2. The highest BCUT2D eigenvalue weighted by Crippen LogP contribution is 2.26. The van der Waals surface area contributed by atoms with Gasteiger partial charge in [-0.15, -0.1) is 0 Å². The van der Waals surface area contributed by atoms with Gasteiger partial charge < -0.3 is 5.32 Å². The Labute approximate surface area is 135 Å². The first-order valence-corrected chi connectivity index (χ1v) is 8.75. The molecule has 8 heteroatoms. The number of pyridine rings is 1. The summed E-state index contributed by atoms with van der Waals surface area (Å²) in [5, 5.41) is 2.82. The maximum atomic E-state index is 12.1. The standard InChI is InChI=1S/C13H10BrClN2O3S/c1-21(19,20)10-2-3-11(15)12(5-10)17-13(18)8-4-9(14)7-16-6-8/h2-7H,1H3,(H,17,18). The minimum Gasteiger partial charge on any atom is -0.321 e. The van der Waals surface area contributed by atoms with Gasteiger partial charge in [-0.05, 0) is 40.2 Å². The van der Waals surface area contributed by atoms with Gasteiger partial charge in [0.25, 0.3) is 5.91 Å². The maximum absolute atomic E-state index is 12.1. The Kier molecular flexibility index (Phi) is 4.65. The molecule has 0 aliphatic heterocycles. The smallest absolute Gasteiger partial charge is 0.257 e. The van der Waals surface area contributed by atoms with Crippen LogP contribution in [0.15, 0.2) is 46.0 Å². The van der Waals surface area contributed by atoms with Crippen LogP contribution in [0.5, 0.6) is 0 Å². The Morgan fingerprint density at radius 2 is 2.00 bits per heavy atom. The van der Waals surface area contributed by atoms with Crippen molar-refractivity contribution in [3.63, 3.8) is 0 Å². The molecule has 1 amide bonds. The number of sulfone groups is 1. The van der Waals surface area contributed by atoms with Crippen molar-refractivity contribution in [2.75, 3.05) is 11.6 Å². The average molecular weight is 390 g/mol. The highest BCUT2D eigenvalue weighted by molar-refractivity contribution is 9.10. The lowest BCUT2D eigenvalue weighted by atomic mass is 10.2. The van der Waals surface area contributed by atoms with Crippen LogP contribution in [0.3, 0.4) is 0 Å². The van der Waals surface area contributed by atoms with Gasteiger partial charge in [0.1, 0.15) is 0 Å². The third kappa shape index (κ3) is 4.03. The lowest BCUT2D eigenvalue weighted by Crippen LogP contribution is -2.13. The lowest BCUT2D eigenvalue weighted by Gasteiger charge is -2.09. The molecule has 21 heavy (non-hydrogen) atoms. The van der Waals surface area contributed by atoms with Crippen molar-refractivity contribution in [3.05, 3.63) is 51.7 Å². The minimum atomic E-state index is -3.38. The van der Waals surface area contributed by atoms with Gasteiger partial charge >= 0.3 is 0 Å². The summed E-state index contributed by atoms with van der Waals surface area (Å²) in [6.07, 6.45) is 4.03. The number of benzene rings is 1. The lowest BCUT2D eigenvalue weighted by molar-refractivity contribution is 0.102. The van der Waals surface area contributed by atoms with E-state index in [1.54, 1.807) is 12.3 Å². The van der Waals surface area contributed by atoms with E-state index < -0.39 is 15.7 Å². The molecule has 1 heterocycles. The van der Waals surface area contributed by atoms with Crippen molar-refractivity contribution < 1.29 is 13.2 Å². The molecule has 110 valence electrons. The van der Waals surface area contributed by atoms with Crippen molar-refractivity contribution in [1.29, 1.82) is 0 Å². The monoisotopic (exact) mass is 388 g/mol. The second-order valence-electron chi connectivity index (χ2n) is 4.26. The van der Waals surface area contributed by atoms with Crippen LogP contribution in [0.1, 0.15) is 10.4 Å². The number of carbonyl (C=O) groups excluding carboxylic acids is 1. The molecule has 0 radical (unpaired) electrons. The number of hydrogen-bond donors (Lipinski definition) is 1. The highest BCUT2D eigenvalue weighted by Gasteiger charge is 2.13. The van der Waals surface area contributed by atoms with Crippen LogP contribution in [0.2, 0.25) is 5.02 Å². The molecule has 0 fully saturated rings. The molecule has 0 saturated carbocycles. The van der Waals surface area contributed by atoms with E-state index in [9.17, 15) is 13.2 Å². The van der Waals surface area contributed by atoms with Crippen LogP contribution in [0.4, 0.5) is 5.69 Å². The van der Waals surface area contributed by atoms with Crippen LogP contribution in [-0.2, 0) is 9.84 Å². The summed E-state index contributed by atoms with van der Waals surface area (Å²) < 4.78 is 23.7. The van der Waals surface area contributed by atoms with E-state index in [4.69, 9.17) is 11.6 Å². The second-order valence-corrected chi connectivity index (χ2v) is 7.60. The van der Waals surface area contributed by atoms with Gasteiger partial charge in [0, 0.05) is 23.1 Å². The van der Waals surface area contributed by atoms with E-state index in [1.165, 1.54) is 24.4 Å². The molecule has 0 spiro atoms. The van der Waals surface area contributed by atoms with Crippen LogP contribution < -0.4 is 5.32 Å². The zero-order valence-corrected chi connectivity index (χ0v) is 14.0. The van der Waals surface area contributed by atoms with E-state index in [-0.39, 0.29) is 15.6 Å². The first-order valence-electron chi connectivity index (χ1n) is 5.69. The fourth-order valence-electron chi connectivity index (χ4n) is 1.56. The number of rotatable bonds is 3. The number of aromatic nitrogens is 1. The summed E-state index contributed by atoms with van der Waals surface area (Å²) >= 11 is 9.19. The summed E-state index contributed by atoms with van der Waals surface area (Å²) in [6.45, 7) is 0. The third-order valence-electron chi connectivity index (χ3n) is 2.58. The fraction of sp³-hybridized carbons (Fsp3) is 0.0769. The molecule has 5 nitrogen and oxygen atoms in total. The molecule has 2 rings (SSSR count). The largest absolute Gasteiger partial charge is 0.321 e. The number of nitrogens with one attached hydrogen (secondary N) is 1. The third-order valence-corrected chi connectivity index (χ3v) is 4.45. The Bertz CT molecular complexity index is 809. The summed E-state index contributed by atoms with van der Waals surface area (Å²) in [4.78, 5) is 16.1. The van der Waals surface area contributed by atoms with Crippen LogP contribution >= 0.6 is 27.5 Å². The molecular formula is C13H10BrClN2O3S. The topological polar surface area (TPSA) is 76.1 Å². The van der Waals surface area contributed by atoms with Crippen molar-refractivity contribution in [3.8, 4) is 0 Å². The molecular weight excluding hydrogens is 380 g/mol. The number of carbonyl (C=O) groups is 1. The summed E-state index contributed by atoms with van der Waals surface area (Å²) in [5.74, 6) is -0.434. The number of anilines is 1. The molecule has 0 aliphatic rings. The Morgan fingerprint density at radius 1 is 1.29 bits per heavy atom. The number of halogens is 2. The highest BCUT2D eigenvalue weighted by atomic mass is 79.9. The zero-order chi connectivity index (χ0) is 15.6. The van der Waals surface area contributed by atoms with Crippen molar-refractivity contribution in [2.24, 2.45) is 0 Å². The van der Waals surface area contributed by atoms with Crippen LogP contribution in [0, 0.1) is 0 Å². The first kappa shape index (κ1) is 15.9. The van der Waals surface area contributed by atoms with Crippen molar-refractivity contribution in [2.45, 2.75) is 4.90 Å². The Morgan fingerprint density at radius 3 is 2.62 bits per heavy atom. The molecule has 0 aliphatic carbocycles. The van der Waals surface area contributed by atoms with E-state index in [0.29, 0.717) is 10.0 Å². The quantitative estimate of drug-likeness (QED) is 0.875. The molecule has 1 aromatic heterocycles. The SMILES string of the molecule is CS(=O)(=O)c1ccc(Cl)c(NC(=O)c2cncc(Br)c2)c1. The van der Waals surface area contributed by atoms with Gasteiger partial charge in [0.2, 0.25) is 0 Å². The van der Waals surface area contributed by atoms with E-state index in [0.717, 1.165) is 6.26 Å². The van der Waals surface area contributed by atoms with Gasteiger partial charge in [0.05, 0.1) is 21.2 Å². The fourth-order valence-corrected chi connectivity index (χ4v) is 2.74. The van der Waals surface area contributed by atoms with Gasteiger partial charge in [0.15, 0.2) is 9.84 Å². The zero-order valence-electron chi connectivity index (χ0n) is 10.8. The summed E-state index contributed by atoms with van der Waals surface area (Å²) in [6, 6.07) is 5.72. The molecule has 0 saturated heterocycles. The molecule has 2 aromatic rings. The van der Waals surface area contributed by atoms with E-state index in [1.807, 2.05) is 0 Å². The molecule has 0 bridgehead atoms. The predicted molar refractivity (Wildman–Crippen MR) is 84.5 cm³/mol. The van der Waals surface area contributed by atoms with Gasteiger partial charge in [-0.25, -0.2) is 8.42 Å². The predicted octanol–water partition coefficient (Wildman–Crippen LogP) is 3.15. The number of nitrogens with zero attached hydrogens (tertiary/aromatic N) is 1. The van der Waals surface area contributed by atoms with E-state index in [2.05, 4.69) is 26.2 Å². The van der Waals surface area contributed by atoms with Crippen LogP contribution in [0.25, 0.3) is 0 Å². The van der Waals surface area contributed by atoms with Crippen molar-refractivity contribution >= 4 is 49.0 Å². The summed E-state index contributed by atoms with van der Waals surface area (Å²) in [5.41, 5.74) is 0.551. The van der Waals surface area contributed by atoms with E-state index >= 15 is 0 Å². The summed E-state index contributed by atoms with van der Waals surface area (Å²) in [7, 11) is -3.38. The van der Waals surface area contributed by atoms with Gasteiger partial charge in [-0.3, -0.25) is 9.78 Å². The molecule has 0 atom stereocenters. The Hall–Kier alpha value is -1.44. The van der Waals surface area contributed by atoms with Crippen LogP contribution in [-0.4, -0.2) is 25.6 Å². The van der Waals surface area contributed by atoms with Crippen molar-refractivity contribution in [1.82, 2.24) is 4.98 Å². The number of hydrogen-bond acceptors (Lipinski definition) is 4. The molecule has 1 aromatic carbocycles. The van der Waals surface area contributed by atoms with Gasteiger partial charge in [-0.2, -0.15) is 0 Å². The number of amides is 1.